The third-order valence-corrected chi connectivity index (χ3v) is 6.33. The zero-order valence-corrected chi connectivity index (χ0v) is 22.6. The molecule has 192 valence electrons. The number of fused-ring (bicyclic) bond motifs is 1. The molecular formula is C29H30ClN3O4. The largest absolute Gasteiger partial charge is 0.496 e. The molecule has 1 heterocycles. The summed E-state index contributed by atoms with van der Waals surface area (Å²) in [5.74, 6) is 2.38. The number of hydrogen-bond acceptors (Lipinski definition) is 6. The van der Waals surface area contributed by atoms with Gasteiger partial charge in [0.2, 0.25) is 0 Å². The summed E-state index contributed by atoms with van der Waals surface area (Å²) in [6.07, 6.45) is 1.57. The molecule has 0 atom stereocenters. The zero-order chi connectivity index (χ0) is 26.7. The van der Waals surface area contributed by atoms with Crippen molar-refractivity contribution < 1.29 is 14.2 Å². The first-order chi connectivity index (χ1) is 17.8. The van der Waals surface area contributed by atoms with Crippen molar-refractivity contribution in [3.63, 3.8) is 0 Å². The summed E-state index contributed by atoms with van der Waals surface area (Å²) in [7, 11) is 3.19. The molecule has 8 heteroatoms. The lowest BCUT2D eigenvalue weighted by Crippen LogP contribution is -2.20. The first kappa shape index (κ1) is 26.2. The minimum Gasteiger partial charge on any atom is -0.496 e. The van der Waals surface area contributed by atoms with Crippen molar-refractivity contribution in [3.05, 3.63) is 80.6 Å². The van der Waals surface area contributed by atoms with Gasteiger partial charge in [0.05, 0.1) is 43.0 Å². The van der Waals surface area contributed by atoms with Crippen molar-refractivity contribution >= 4 is 28.7 Å². The van der Waals surface area contributed by atoms with E-state index in [2.05, 4.69) is 18.9 Å². The molecule has 0 spiro atoms. The molecule has 0 N–H and O–H groups in total. The van der Waals surface area contributed by atoms with Crippen LogP contribution >= 0.6 is 11.6 Å². The minimum atomic E-state index is -0.275. The SMILES string of the molecule is CCOc1cc(C=Nn2c(-c3cc(C(C)C)c(OC)cc3C)nc3ccccc3c2=O)cc(Cl)c1OC. The highest BCUT2D eigenvalue weighted by Gasteiger charge is 2.18. The first-order valence-electron chi connectivity index (χ1n) is 12.0. The molecule has 0 fully saturated rings. The van der Waals surface area contributed by atoms with Crippen LogP contribution in [0.15, 0.2) is 58.4 Å². The Morgan fingerprint density at radius 3 is 2.51 bits per heavy atom. The van der Waals surface area contributed by atoms with Gasteiger partial charge in [0.1, 0.15) is 5.75 Å². The molecule has 0 saturated heterocycles. The summed E-state index contributed by atoms with van der Waals surface area (Å²) in [6.45, 7) is 8.48. The van der Waals surface area contributed by atoms with Crippen molar-refractivity contribution in [2.75, 3.05) is 20.8 Å². The monoisotopic (exact) mass is 519 g/mol. The highest BCUT2D eigenvalue weighted by atomic mass is 35.5. The number of aryl methyl sites for hydroxylation is 1. The van der Waals surface area contributed by atoms with E-state index in [0.717, 1.165) is 22.4 Å². The predicted octanol–water partition coefficient (Wildman–Crippen LogP) is 6.45. The molecule has 0 aliphatic rings. The summed E-state index contributed by atoms with van der Waals surface area (Å²) in [5.41, 5.74) is 3.70. The third kappa shape index (κ3) is 5.18. The van der Waals surface area contributed by atoms with Crippen molar-refractivity contribution in [1.29, 1.82) is 0 Å². The summed E-state index contributed by atoms with van der Waals surface area (Å²) in [6, 6.07) is 14.7. The van der Waals surface area contributed by atoms with Crippen LogP contribution in [-0.4, -0.2) is 36.7 Å². The first-order valence-corrected chi connectivity index (χ1v) is 12.4. The second kappa shape index (κ2) is 11.0. The van der Waals surface area contributed by atoms with Crippen LogP contribution in [0, 0.1) is 6.92 Å². The van der Waals surface area contributed by atoms with Crippen LogP contribution in [0.4, 0.5) is 0 Å². The van der Waals surface area contributed by atoms with Gasteiger partial charge in [0.15, 0.2) is 17.3 Å². The van der Waals surface area contributed by atoms with E-state index in [-0.39, 0.29) is 11.5 Å². The van der Waals surface area contributed by atoms with Crippen LogP contribution < -0.4 is 19.8 Å². The third-order valence-electron chi connectivity index (χ3n) is 6.05. The number of methoxy groups -OCH3 is 2. The number of aromatic nitrogens is 2. The van der Waals surface area contributed by atoms with Gasteiger partial charge >= 0.3 is 0 Å². The van der Waals surface area contributed by atoms with Crippen molar-refractivity contribution in [2.24, 2.45) is 5.10 Å². The van der Waals surface area contributed by atoms with Crippen LogP contribution in [0.5, 0.6) is 17.2 Å². The number of benzene rings is 3. The number of nitrogens with zero attached hydrogens (tertiary/aromatic N) is 3. The van der Waals surface area contributed by atoms with Crippen LogP contribution in [0.25, 0.3) is 22.3 Å². The van der Waals surface area contributed by atoms with Gasteiger partial charge < -0.3 is 14.2 Å². The quantitative estimate of drug-likeness (QED) is 0.250. The average Bonchev–Trinajstić information content (AvgIpc) is 2.88. The lowest BCUT2D eigenvalue weighted by atomic mass is 9.96. The number of rotatable bonds is 8. The minimum absolute atomic E-state index is 0.205. The molecule has 0 unspecified atom stereocenters. The molecule has 0 bridgehead atoms. The maximum atomic E-state index is 13.6. The van der Waals surface area contributed by atoms with Crippen molar-refractivity contribution in [3.8, 4) is 28.6 Å². The highest BCUT2D eigenvalue weighted by molar-refractivity contribution is 6.32. The van der Waals surface area contributed by atoms with Gasteiger partial charge in [-0.2, -0.15) is 9.78 Å². The normalized spacial score (nSPS) is 11.5. The molecule has 0 amide bonds. The number of hydrogen-bond donors (Lipinski definition) is 0. The zero-order valence-electron chi connectivity index (χ0n) is 21.8. The standard InChI is InChI=1S/C29H30ClN3O4/c1-7-37-26-14-19(13-23(30)27(26)36-6)16-31-33-28(32-24-11-9-8-10-20(24)29(33)34)22-15-21(17(2)3)25(35-5)12-18(22)4/h8-17H,7H2,1-6H3. The molecule has 7 nitrogen and oxygen atoms in total. The van der Waals surface area contributed by atoms with Crippen LogP contribution in [-0.2, 0) is 0 Å². The fourth-order valence-corrected chi connectivity index (χ4v) is 4.52. The smallest absolute Gasteiger partial charge is 0.282 e. The van der Waals surface area contributed by atoms with E-state index in [9.17, 15) is 4.79 Å². The summed E-state index contributed by atoms with van der Waals surface area (Å²) < 4.78 is 18.0. The lowest BCUT2D eigenvalue weighted by Gasteiger charge is -2.17. The Bertz CT molecular complexity index is 1540. The van der Waals surface area contributed by atoms with Crippen LogP contribution in [0.3, 0.4) is 0 Å². The fourth-order valence-electron chi connectivity index (χ4n) is 4.22. The van der Waals surface area contributed by atoms with Gasteiger partial charge in [-0.25, -0.2) is 4.98 Å². The van der Waals surface area contributed by atoms with Gasteiger partial charge in [-0.3, -0.25) is 4.79 Å². The molecular weight excluding hydrogens is 490 g/mol. The molecule has 4 rings (SSSR count). The molecule has 37 heavy (non-hydrogen) atoms. The Kier molecular flexibility index (Phi) is 7.83. The second-order valence-corrected chi connectivity index (χ2v) is 9.25. The van der Waals surface area contributed by atoms with E-state index in [4.69, 9.17) is 30.8 Å². The van der Waals surface area contributed by atoms with Gasteiger partial charge in [0, 0.05) is 5.56 Å². The Balaban J connectivity index is 1.95. The topological polar surface area (TPSA) is 74.9 Å². The van der Waals surface area contributed by atoms with Gasteiger partial charge in [0.25, 0.3) is 5.56 Å². The van der Waals surface area contributed by atoms with Crippen LogP contribution in [0.1, 0.15) is 43.4 Å². The highest BCUT2D eigenvalue weighted by Crippen LogP contribution is 2.36. The van der Waals surface area contributed by atoms with E-state index >= 15 is 0 Å². The summed E-state index contributed by atoms with van der Waals surface area (Å²) in [5, 5.41) is 5.44. The van der Waals surface area contributed by atoms with Crippen LogP contribution in [0.2, 0.25) is 5.02 Å². The molecule has 0 radical (unpaired) electrons. The van der Waals surface area contributed by atoms with Gasteiger partial charge in [-0.05, 0) is 72.9 Å². The van der Waals surface area contributed by atoms with Crippen molar-refractivity contribution in [1.82, 2.24) is 9.66 Å². The molecule has 0 aliphatic carbocycles. The summed E-state index contributed by atoms with van der Waals surface area (Å²) in [4.78, 5) is 18.5. The van der Waals surface area contributed by atoms with E-state index in [1.807, 2.05) is 44.2 Å². The molecule has 3 aromatic carbocycles. The van der Waals surface area contributed by atoms with Gasteiger partial charge in [-0.15, -0.1) is 0 Å². The predicted molar refractivity (Wildman–Crippen MR) is 149 cm³/mol. The van der Waals surface area contributed by atoms with E-state index in [1.165, 1.54) is 11.8 Å². The molecule has 0 aliphatic heterocycles. The van der Waals surface area contributed by atoms with E-state index < -0.39 is 0 Å². The van der Waals surface area contributed by atoms with E-state index in [1.54, 1.807) is 31.5 Å². The van der Waals surface area contributed by atoms with E-state index in [0.29, 0.717) is 45.4 Å². The average molecular weight is 520 g/mol. The number of para-hydroxylation sites is 1. The Hall–Kier alpha value is -3.84. The summed E-state index contributed by atoms with van der Waals surface area (Å²) >= 11 is 6.43. The molecule has 1 aromatic heterocycles. The molecule has 0 saturated carbocycles. The lowest BCUT2D eigenvalue weighted by molar-refractivity contribution is 0.311. The second-order valence-electron chi connectivity index (χ2n) is 8.84. The Morgan fingerprint density at radius 2 is 1.84 bits per heavy atom. The number of halogens is 1. The maximum absolute atomic E-state index is 13.6. The van der Waals surface area contributed by atoms with Crippen molar-refractivity contribution in [2.45, 2.75) is 33.6 Å². The number of ether oxygens (including phenoxy) is 3. The molecule has 4 aromatic rings. The Labute approximate surface area is 221 Å². The fraction of sp³-hybridized carbons (Fsp3) is 0.276. The Morgan fingerprint density at radius 1 is 1.08 bits per heavy atom. The van der Waals surface area contributed by atoms with Gasteiger partial charge in [-0.1, -0.05) is 37.6 Å². The maximum Gasteiger partial charge on any atom is 0.282 e.